The van der Waals surface area contributed by atoms with E-state index in [-0.39, 0.29) is 5.54 Å². The monoisotopic (exact) mass is 344 g/mol. The molecule has 0 unspecified atom stereocenters. The van der Waals surface area contributed by atoms with Crippen LogP contribution in [-0.4, -0.2) is 56.3 Å². The summed E-state index contributed by atoms with van der Waals surface area (Å²) in [4.78, 5) is 9.32. The molecular weight excluding hydrogens is 312 g/mol. The zero-order chi connectivity index (χ0) is 18.1. The fraction of sp³-hybridized carbons (Fsp3) is 0.650. The van der Waals surface area contributed by atoms with E-state index in [1.54, 1.807) is 0 Å². The third-order valence-corrected chi connectivity index (χ3v) is 6.13. The van der Waals surface area contributed by atoms with Crippen LogP contribution in [0, 0.1) is 5.41 Å². The van der Waals surface area contributed by atoms with Crippen LogP contribution in [-0.2, 0) is 11.3 Å². The van der Waals surface area contributed by atoms with Crippen LogP contribution in [0.15, 0.2) is 29.3 Å². The second kappa shape index (κ2) is 6.87. The number of guanidine groups is 1. The number of nitrogens with one attached hydrogen (secondary N) is 1. The lowest BCUT2D eigenvalue weighted by Gasteiger charge is -2.62. The Kier molecular flexibility index (Phi) is 4.96. The molecule has 0 saturated carbocycles. The number of hydrogen-bond acceptors (Lipinski definition) is 3. The molecular formula is C20H32N4O. The number of rotatable bonds is 3. The Labute approximate surface area is 152 Å². The molecule has 1 aromatic rings. The van der Waals surface area contributed by atoms with Crippen molar-refractivity contribution in [1.29, 1.82) is 0 Å². The van der Waals surface area contributed by atoms with Gasteiger partial charge >= 0.3 is 0 Å². The molecule has 5 heteroatoms. The molecule has 0 radical (unpaired) electrons. The lowest BCUT2D eigenvalue weighted by Crippen LogP contribution is -2.72. The molecule has 2 heterocycles. The van der Waals surface area contributed by atoms with Crippen molar-refractivity contribution in [1.82, 2.24) is 10.2 Å². The molecule has 0 bridgehead atoms. The van der Waals surface area contributed by atoms with Crippen LogP contribution in [0.2, 0.25) is 0 Å². The first-order valence-electron chi connectivity index (χ1n) is 9.26. The summed E-state index contributed by atoms with van der Waals surface area (Å²) < 4.78 is 5.49. The molecule has 0 aromatic heterocycles. The van der Waals surface area contributed by atoms with Gasteiger partial charge in [0.2, 0.25) is 0 Å². The summed E-state index contributed by atoms with van der Waals surface area (Å²) in [5.41, 5.74) is 3.02. The maximum absolute atomic E-state index is 5.49. The molecule has 2 aliphatic rings. The zero-order valence-corrected chi connectivity index (χ0v) is 16.3. The van der Waals surface area contributed by atoms with E-state index < -0.39 is 0 Å². The Morgan fingerprint density at radius 2 is 1.84 bits per heavy atom. The van der Waals surface area contributed by atoms with Gasteiger partial charge in [0.1, 0.15) is 0 Å². The van der Waals surface area contributed by atoms with E-state index >= 15 is 0 Å². The molecule has 1 aromatic carbocycles. The molecule has 2 aliphatic heterocycles. The molecule has 25 heavy (non-hydrogen) atoms. The van der Waals surface area contributed by atoms with Crippen molar-refractivity contribution in [2.24, 2.45) is 10.4 Å². The highest BCUT2D eigenvalue weighted by atomic mass is 16.5. The average Bonchev–Trinajstić information content (AvgIpc) is 2.62. The number of anilines is 1. The Balaban J connectivity index is 1.69. The van der Waals surface area contributed by atoms with Gasteiger partial charge < -0.3 is 19.9 Å². The summed E-state index contributed by atoms with van der Waals surface area (Å²) in [6, 6.07) is 8.64. The van der Waals surface area contributed by atoms with Crippen LogP contribution < -0.4 is 10.2 Å². The van der Waals surface area contributed by atoms with E-state index in [4.69, 9.17) is 4.74 Å². The van der Waals surface area contributed by atoms with Crippen LogP contribution in [0.25, 0.3) is 0 Å². The molecule has 2 fully saturated rings. The van der Waals surface area contributed by atoms with Crippen molar-refractivity contribution in [3.05, 3.63) is 29.8 Å². The van der Waals surface area contributed by atoms with Crippen LogP contribution in [0.1, 0.15) is 33.3 Å². The van der Waals surface area contributed by atoms with Gasteiger partial charge in [0, 0.05) is 49.9 Å². The van der Waals surface area contributed by atoms with Gasteiger partial charge in [-0.05, 0) is 25.5 Å². The standard InChI is InChI=1S/C20H32N4O/c1-19(2)15-24(20(19,3)4)18(21-5)22-14-16-8-6-7-9-17(16)23-10-12-25-13-11-23/h6-9H,10-15H2,1-5H3,(H,21,22). The number of benzene rings is 1. The summed E-state index contributed by atoms with van der Waals surface area (Å²) in [6.07, 6.45) is 0. The molecule has 2 saturated heterocycles. The van der Waals surface area contributed by atoms with Crippen molar-refractivity contribution in [2.75, 3.05) is 44.8 Å². The second-order valence-corrected chi connectivity index (χ2v) is 8.16. The molecule has 0 spiro atoms. The predicted octanol–water partition coefficient (Wildman–Crippen LogP) is 2.72. The van der Waals surface area contributed by atoms with Crippen molar-refractivity contribution in [3.63, 3.8) is 0 Å². The SMILES string of the molecule is CN=C(NCc1ccccc1N1CCOCC1)N1CC(C)(C)C1(C)C. The Hall–Kier alpha value is -1.75. The summed E-state index contributed by atoms with van der Waals surface area (Å²) >= 11 is 0. The minimum atomic E-state index is 0.110. The fourth-order valence-corrected chi connectivity index (χ4v) is 3.64. The van der Waals surface area contributed by atoms with Gasteiger partial charge in [-0.25, -0.2) is 0 Å². The van der Waals surface area contributed by atoms with Gasteiger partial charge in [-0.3, -0.25) is 4.99 Å². The zero-order valence-electron chi connectivity index (χ0n) is 16.3. The number of para-hydroxylation sites is 1. The number of morpholine rings is 1. The quantitative estimate of drug-likeness (QED) is 0.676. The van der Waals surface area contributed by atoms with E-state index in [0.717, 1.165) is 45.4 Å². The summed E-state index contributed by atoms with van der Waals surface area (Å²) in [7, 11) is 1.87. The van der Waals surface area contributed by atoms with Gasteiger partial charge in [0.05, 0.1) is 13.2 Å². The molecule has 0 atom stereocenters. The number of aliphatic imine (C=N–C) groups is 1. The number of likely N-dealkylation sites (tertiary alicyclic amines) is 1. The second-order valence-electron chi connectivity index (χ2n) is 8.16. The van der Waals surface area contributed by atoms with E-state index in [1.807, 2.05) is 7.05 Å². The molecule has 1 N–H and O–H groups in total. The highest BCUT2D eigenvalue weighted by Gasteiger charge is 2.53. The van der Waals surface area contributed by atoms with Crippen LogP contribution in [0.5, 0.6) is 0 Å². The molecule has 0 aliphatic carbocycles. The third-order valence-electron chi connectivity index (χ3n) is 6.13. The molecule has 5 nitrogen and oxygen atoms in total. The van der Waals surface area contributed by atoms with Crippen molar-refractivity contribution in [2.45, 2.75) is 39.8 Å². The minimum Gasteiger partial charge on any atom is -0.378 e. The minimum absolute atomic E-state index is 0.110. The Morgan fingerprint density at radius 1 is 1.16 bits per heavy atom. The first-order valence-corrected chi connectivity index (χ1v) is 9.26. The van der Waals surface area contributed by atoms with E-state index in [9.17, 15) is 0 Å². The van der Waals surface area contributed by atoms with Gasteiger partial charge in [0.25, 0.3) is 0 Å². The maximum Gasteiger partial charge on any atom is 0.194 e. The summed E-state index contributed by atoms with van der Waals surface area (Å²) in [6.45, 7) is 14.6. The summed E-state index contributed by atoms with van der Waals surface area (Å²) in [5, 5.41) is 3.58. The maximum atomic E-state index is 5.49. The smallest absolute Gasteiger partial charge is 0.194 e. The topological polar surface area (TPSA) is 40.1 Å². The lowest BCUT2D eigenvalue weighted by molar-refractivity contribution is -0.0667. The van der Waals surface area contributed by atoms with E-state index in [0.29, 0.717) is 5.41 Å². The fourth-order valence-electron chi connectivity index (χ4n) is 3.64. The Morgan fingerprint density at radius 3 is 2.44 bits per heavy atom. The number of ether oxygens (including phenoxy) is 1. The predicted molar refractivity (Wildman–Crippen MR) is 104 cm³/mol. The highest BCUT2D eigenvalue weighted by molar-refractivity contribution is 5.82. The van der Waals surface area contributed by atoms with Crippen LogP contribution in [0.3, 0.4) is 0 Å². The van der Waals surface area contributed by atoms with Crippen LogP contribution >= 0.6 is 0 Å². The van der Waals surface area contributed by atoms with Crippen molar-refractivity contribution < 1.29 is 4.74 Å². The van der Waals surface area contributed by atoms with Crippen molar-refractivity contribution in [3.8, 4) is 0 Å². The third kappa shape index (κ3) is 3.34. The van der Waals surface area contributed by atoms with Gasteiger partial charge in [-0.1, -0.05) is 32.0 Å². The highest BCUT2D eigenvalue weighted by Crippen LogP contribution is 2.46. The number of hydrogen-bond donors (Lipinski definition) is 1. The molecule has 3 rings (SSSR count). The average molecular weight is 345 g/mol. The number of nitrogens with zero attached hydrogens (tertiary/aromatic N) is 3. The normalized spacial score (nSPS) is 22.5. The van der Waals surface area contributed by atoms with E-state index in [1.165, 1.54) is 11.3 Å². The first-order chi connectivity index (χ1) is 11.9. The van der Waals surface area contributed by atoms with Crippen molar-refractivity contribution >= 4 is 11.6 Å². The lowest BCUT2D eigenvalue weighted by atomic mass is 9.65. The van der Waals surface area contributed by atoms with E-state index in [2.05, 4.69) is 72.1 Å². The first kappa shape index (κ1) is 18.1. The van der Waals surface area contributed by atoms with Gasteiger partial charge in [-0.2, -0.15) is 0 Å². The molecule has 0 amide bonds. The van der Waals surface area contributed by atoms with Gasteiger partial charge in [0.15, 0.2) is 5.96 Å². The molecule has 138 valence electrons. The Bertz CT molecular complexity index is 632. The summed E-state index contributed by atoms with van der Waals surface area (Å²) in [5.74, 6) is 0.987. The van der Waals surface area contributed by atoms with Gasteiger partial charge in [-0.15, -0.1) is 0 Å². The largest absolute Gasteiger partial charge is 0.378 e. The van der Waals surface area contributed by atoms with Crippen LogP contribution in [0.4, 0.5) is 5.69 Å².